The second-order valence-electron chi connectivity index (χ2n) is 3.32. The number of hydrogen-bond donors (Lipinski definition) is 1. The van der Waals surface area contributed by atoms with Crippen LogP contribution < -0.4 is 5.32 Å². The summed E-state index contributed by atoms with van der Waals surface area (Å²) in [6, 6.07) is 0. The molecule has 0 radical (unpaired) electrons. The van der Waals surface area contributed by atoms with Crippen molar-refractivity contribution in [1.82, 2.24) is 5.32 Å². The van der Waals surface area contributed by atoms with Crippen molar-refractivity contribution in [3.05, 3.63) is 0 Å². The Labute approximate surface area is 76.9 Å². The van der Waals surface area contributed by atoms with Gasteiger partial charge < -0.3 is 5.32 Å². The monoisotopic (exact) mass is 167 g/mol. The summed E-state index contributed by atoms with van der Waals surface area (Å²) in [4.78, 5) is 0. The van der Waals surface area contributed by atoms with E-state index in [9.17, 15) is 0 Å². The molecule has 0 fully saturated rings. The highest BCUT2D eigenvalue weighted by Crippen LogP contribution is 2.15. The first-order chi connectivity index (χ1) is 5.76. The highest BCUT2D eigenvalue weighted by molar-refractivity contribution is 5.02. The second-order valence-corrected chi connectivity index (χ2v) is 3.32. The van der Waals surface area contributed by atoms with Crippen LogP contribution in [0.5, 0.6) is 0 Å². The summed E-state index contributed by atoms with van der Waals surface area (Å²) in [5.74, 6) is 7.54. The van der Waals surface area contributed by atoms with Crippen molar-refractivity contribution < 1.29 is 0 Å². The smallest absolute Gasteiger partial charge is 0.0240 e. The molecule has 1 N–H and O–H groups in total. The van der Waals surface area contributed by atoms with Gasteiger partial charge >= 0.3 is 0 Å². The molecule has 70 valence electrons. The predicted octanol–water partition coefficient (Wildman–Crippen LogP) is 2.28. The van der Waals surface area contributed by atoms with Crippen molar-refractivity contribution in [1.29, 1.82) is 0 Å². The van der Waals surface area contributed by atoms with Crippen molar-refractivity contribution >= 4 is 0 Å². The maximum Gasteiger partial charge on any atom is 0.0240 e. The minimum atomic E-state index is 0.576. The molecule has 0 bridgehead atoms. The molecule has 2 unspecified atom stereocenters. The average molecular weight is 167 g/mol. The van der Waals surface area contributed by atoms with Gasteiger partial charge in [-0.3, -0.25) is 0 Å². The molecule has 0 aromatic rings. The van der Waals surface area contributed by atoms with Gasteiger partial charge in [-0.15, -0.1) is 5.92 Å². The third-order valence-electron chi connectivity index (χ3n) is 2.14. The zero-order valence-electron chi connectivity index (χ0n) is 8.78. The van der Waals surface area contributed by atoms with Gasteiger partial charge in [-0.2, -0.15) is 0 Å². The summed E-state index contributed by atoms with van der Waals surface area (Å²) in [7, 11) is 2.00. The van der Waals surface area contributed by atoms with Crippen molar-refractivity contribution in [3.8, 4) is 11.8 Å². The van der Waals surface area contributed by atoms with Crippen LogP contribution in [0.2, 0.25) is 0 Å². The van der Waals surface area contributed by atoms with Gasteiger partial charge in [0.05, 0.1) is 0 Å². The summed E-state index contributed by atoms with van der Waals surface area (Å²) < 4.78 is 0. The van der Waals surface area contributed by atoms with Gasteiger partial charge in [-0.25, -0.2) is 0 Å². The Bertz CT molecular complexity index is 152. The van der Waals surface area contributed by atoms with E-state index in [2.05, 4.69) is 31.0 Å². The van der Waals surface area contributed by atoms with Gasteiger partial charge in [0.25, 0.3) is 0 Å². The lowest BCUT2D eigenvalue weighted by molar-refractivity contribution is 0.401. The minimum Gasteiger partial charge on any atom is -0.319 e. The first-order valence-corrected chi connectivity index (χ1v) is 4.83. The molecule has 0 aromatic carbocycles. The fourth-order valence-corrected chi connectivity index (χ4v) is 1.46. The maximum atomic E-state index is 3.28. The second kappa shape index (κ2) is 7.18. The number of nitrogens with one attached hydrogen (secondary N) is 1. The molecule has 0 rings (SSSR count). The molecule has 0 saturated heterocycles. The Morgan fingerprint density at radius 3 is 2.50 bits per heavy atom. The van der Waals surface area contributed by atoms with E-state index in [-0.39, 0.29) is 0 Å². The first-order valence-electron chi connectivity index (χ1n) is 4.83. The van der Waals surface area contributed by atoms with Crippen LogP contribution in [0.3, 0.4) is 0 Å². The van der Waals surface area contributed by atoms with E-state index >= 15 is 0 Å². The van der Waals surface area contributed by atoms with E-state index in [4.69, 9.17) is 0 Å². The van der Waals surface area contributed by atoms with Gasteiger partial charge in [-0.05, 0) is 32.9 Å². The van der Waals surface area contributed by atoms with E-state index in [0.717, 1.165) is 6.54 Å². The molecule has 0 amide bonds. The van der Waals surface area contributed by atoms with Crippen molar-refractivity contribution in [2.45, 2.75) is 33.6 Å². The SMILES string of the molecule is CC#CC(CCC)C(C)CNC. The lowest BCUT2D eigenvalue weighted by Gasteiger charge is -2.17. The Kier molecular flexibility index (Phi) is 6.90. The van der Waals surface area contributed by atoms with E-state index in [0.29, 0.717) is 11.8 Å². The minimum absolute atomic E-state index is 0.576. The third kappa shape index (κ3) is 4.41. The fourth-order valence-electron chi connectivity index (χ4n) is 1.46. The van der Waals surface area contributed by atoms with Crippen molar-refractivity contribution in [2.24, 2.45) is 11.8 Å². The highest BCUT2D eigenvalue weighted by atomic mass is 14.8. The van der Waals surface area contributed by atoms with E-state index in [1.54, 1.807) is 0 Å². The predicted molar refractivity (Wildman–Crippen MR) is 54.9 cm³/mol. The maximum absolute atomic E-state index is 3.28. The molecule has 0 aliphatic carbocycles. The zero-order valence-corrected chi connectivity index (χ0v) is 8.78. The molecule has 0 heterocycles. The molecule has 12 heavy (non-hydrogen) atoms. The molecule has 1 nitrogen and oxygen atoms in total. The number of rotatable bonds is 5. The van der Waals surface area contributed by atoms with Crippen LogP contribution >= 0.6 is 0 Å². The zero-order chi connectivity index (χ0) is 9.40. The van der Waals surface area contributed by atoms with Crippen LogP contribution in [0.25, 0.3) is 0 Å². The van der Waals surface area contributed by atoms with Gasteiger partial charge in [-0.1, -0.05) is 26.2 Å². The van der Waals surface area contributed by atoms with Crippen LogP contribution in [0.1, 0.15) is 33.6 Å². The average Bonchev–Trinajstić information content (AvgIpc) is 2.04. The topological polar surface area (TPSA) is 12.0 Å². The summed E-state index contributed by atoms with van der Waals surface area (Å²) >= 11 is 0. The first kappa shape index (κ1) is 11.5. The Morgan fingerprint density at radius 1 is 1.42 bits per heavy atom. The van der Waals surface area contributed by atoms with Crippen molar-refractivity contribution in [2.75, 3.05) is 13.6 Å². The molecule has 0 saturated carbocycles. The summed E-state index contributed by atoms with van der Waals surface area (Å²) in [6.07, 6.45) is 2.46. The summed E-state index contributed by atoms with van der Waals surface area (Å²) in [5, 5.41) is 3.20. The molecule has 0 aromatic heterocycles. The molecule has 2 atom stereocenters. The lowest BCUT2D eigenvalue weighted by atomic mass is 9.90. The molecular formula is C11H21N. The van der Waals surface area contributed by atoms with Crippen LogP contribution in [-0.2, 0) is 0 Å². The van der Waals surface area contributed by atoms with Gasteiger partial charge in [0.15, 0.2) is 0 Å². The number of hydrogen-bond acceptors (Lipinski definition) is 1. The van der Waals surface area contributed by atoms with E-state index in [1.807, 2.05) is 14.0 Å². The lowest BCUT2D eigenvalue weighted by Crippen LogP contribution is -2.22. The van der Waals surface area contributed by atoms with Crippen molar-refractivity contribution in [3.63, 3.8) is 0 Å². The molecule has 0 aliphatic rings. The highest BCUT2D eigenvalue weighted by Gasteiger charge is 2.12. The normalized spacial score (nSPS) is 14.7. The van der Waals surface area contributed by atoms with E-state index < -0.39 is 0 Å². The standard InChI is InChI=1S/C11H21N/c1-5-7-11(8-6-2)10(3)9-12-4/h10-12H,5,7,9H2,1-4H3. The van der Waals surface area contributed by atoms with Crippen LogP contribution in [0.4, 0.5) is 0 Å². The Balaban J connectivity index is 3.96. The Morgan fingerprint density at radius 2 is 2.08 bits per heavy atom. The molecule has 0 spiro atoms. The summed E-state index contributed by atoms with van der Waals surface area (Å²) in [5.41, 5.74) is 0. The van der Waals surface area contributed by atoms with Gasteiger partial charge in [0.2, 0.25) is 0 Å². The molecule has 1 heteroatoms. The largest absolute Gasteiger partial charge is 0.319 e. The van der Waals surface area contributed by atoms with Crippen LogP contribution in [0, 0.1) is 23.7 Å². The summed E-state index contributed by atoms with van der Waals surface area (Å²) in [6.45, 7) is 7.48. The third-order valence-corrected chi connectivity index (χ3v) is 2.14. The van der Waals surface area contributed by atoms with Gasteiger partial charge in [0.1, 0.15) is 0 Å². The van der Waals surface area contributed by atoms with Gasteiger partial charge in [0, 0.05) is 5.92 Å². The molecule has 0 aliphatic heterocycles. The van der Waals surface area contributed by atoms with Crippen LogP contribution in [-0.4, -0.2) is 13.6 Å². The Hall–Kier alpha value is -0.480. The van der Waals surface area contributed by atoms with Crippen LogP contribution in [0.15, 0.2) is 0 Å². The fraction of sp³-hybridized carbons (Fsp3) is 0.818. The molecular weight excluding hydrogens is 146 g/mol. The van der Waals surface area contributed by atoms with E-state index in [1.165, 1.54) is 12.8 Å². The quantitative estimate of drug-likeness (QED) is 0.619.